The Balaban J connectivity index is 0.00000220. The van der Waals surface area contributed by atoms with E-state index in [2.05, 4.69) is 11.9 Å². The maximum atomic E-state index is 12.4. The highest BCUT2D eigenvalue weighted by atomic mass is 16.3. The van der Waals surface area contributed by atoms with Gasteiger partial charge >= 0.3 is 0 Å². The normalized spacial score (nSPS) is 9.33. The summed E-state index contributed by atoms with van der Waals surface area (Å²) in [6, 6.07) is 12.9. The van der Waals surface area contributed by atoms with Crippen molar-refractivity contribution in [3.8, 4) is 5.75 Å². The first-order valence-corrected chi connectivity index (χ1v) is 5.98. The summed E-state index contributed by atoms with van der Waals surface area (Å²) in [6.45, 7) is 3.35. The van der Waals surface area contributed by atoms with Crippen LogP contribution in [0.4, 0.5) is 5.69 Å². The van der Waals surface area contributed by atoms with Crippen LogP contribution in [0.15, 0.2) is 61.2 Å². The van der Waals surface area contributed by atoms with Crippen molar-refractivity contribution in [3.05, 3.63) is 72.3 Å². The minimum Gasteiger partial charge on any atom is -0.508 e. The van der Waals surface area contributed by atoms with Crippen molar-refractivity contribution >= 4 is 17.4 Å². The molecule has 0 aliphatic rings. The van der Waals surface area contributed by atoms with Gasteiger partial charge in [0, 0.05) is 17.2 Å². The van der Waals surface area contributed by atoms with Crippen LogP contribution in [0.2, 0.25) is 0 Å². The van der Waals surface area contributed by atoms with Crippen molar-refractivity contribution in [3.63, 3.8) is 0 Å². The van der Waals surface area contributed by atoms with Gasteiger partial charge in [-0.2, -0.15) is 0 Å². The number of carbonyl (C=O) groups is 2. The van der Waals surface area contributed by atoms with Crippen LogP contribution in [0.5, 0.6) is 5.75 Å². The largest absolute Gasteiger partial charge is 0.508 e. The Morgan fingerprint density at radius 1 is 1.10 bits per heavy atom. The molecule has 4 heteroatoms. The number of hydrogen-bond donors (Lipinski definition) is 2. The minimum absolute atomic E-state index is 0. The Hall–Kier alpha value is -2.88. The molecule has 4 nitrogen and oxygen atoms in total. The molecule has 0 heterocycles. The molecule has 0 atom stereocenters. The maximum absolute atomic E-state index is 12.4. The van der Waals surface area contributed by atoms with E-state index in [0.717, 1.165) is 6.08 Å². The van der Waals surface area contributed by atoms with Crippen LogP contribution in [0.3, 0.4) is 0 Å². The number of ketones is 1. The van der Waals surface area contributed by atoms with Crippen molar-refractivity contribution in [1.29, 1.82) is 0 Å². The number of hydrogen-bond acceptors (Lipinski definition) is 3. The molecule has 0 bridgehead atoms. The number of aromatic hydroxyl groups is 1. The second-order valence-corrected chi connectivity index (χ2v) is 4.12. The molecule has 0 aliphatic heterocycles. The van der Waals surface area contributed by atoms with Gasteiger partial charge in [-0.3, -0.25) is 9.59 Å². The highest BCUT2D eigenvalue weighted by molar-refractivity contribution is 6.14. The average molecular weight is 283 g/mol. The van der Waals surface area contributed by atoms with Crippen LogP contribution in [0.25, 0.3) is 0 Å². The van der Waals surface area contributed by atoms with Gasteiger partial charge in [0.2, 0.25) is 5.91 Å². The molecule has 0 aliphatic carbocycles. The van der Waals surface area contributed by atoms with E-state index in [9.17, 15) is 14.7 Å². The highest BCUT2D eigenvalue weighted by Gasteiger charge is 2.15. The van der Waals surface area contributed by atoms with E-state index in [4.69, 9.17) is 0 Å². The van der Waals surface area contributed by atoms with Gasteiger partial charge in [0.05, 0.1) is 5.69 Å². The second kappa shape index (κ2) is 7.05. The van der Waals surface area contributed by atoms with Crippen LogP contribution < -0.4 is 5.32 Å². The summed E-state index contributed by atoms with van der Waals surface area (Å²) in [6.07, 6.45) is 1.10. The summed E-state index contributed by atoms with van der Waals surface area (Å²) in [5, 5.41) is 12.0. The van der Waals surface area contributed by atoms with Gasteiger partial charge in [-0.15, -0.1) is 0 Å². The molecule has 1 amide bonds. The summed E-state index contributed by atoms with van der Waals surface area (Å²) >= 11 is 0. The number of anilines is 1. The Bertz CT molecular complexity index is 663. The molecule has 2 rings (SSSR count). The van der Waals surface area contributed by atoms with E-state index >= 15 is 0 Å². The van der Waals surface area contributed by atoms with Crippen molar-refractivity contribution < 1.29 is 14.7 Å². The van der Waals surface area contributed by atoms with Crippen LogP contribution in [0, 0.1) is 0 Å². The van der Waals surface area contributed by atoms with Gasteiger partial charge in [0.25, 0.3) is 0 Å². The number of phenols is 1. The van der Waals surface area contributed by atoms with Gasteiger partial charge < -0.3 is 10.4 Å². The molecule has 108 valence electrons. The fourth-order valence-corrected chi connectivity index (χ4v) is 1.76. The van der Waals surface area contributed by atoms with Gasteiger partial charge in [0.1, 0.15) is 5.75 Å². The van der Waals surface area contributed by atoms with E-state index in [-0.39, 0.29) is 24.6 Å². The maximum Gasteiger partial charge on any atom is 0.247 e. The summed E-state index contributed by atoms with van der Waals surface area (Å²) in [4.78, 5) is 23.8. The molecule has 0 saturated heterocycles. The Morgan fingerprint density at radius 3 is 2.38 bits per heavy atom. The number of benzene rings is 2. The zero-order valence-electron chi connectivity index (χ0n) is 10.7. The van der Waals surface area contributed by atoms with Crippen molar-refractivity contribution in [2.45, 2.75) is 7.43 Å². The number of amides is 1. The molecule has 0 unspecified atom stereocenters. The Labute approximate surface area is 123 Å². The Kier molecular flexibility index (Phi) is 5.43. The van der Waals surface area contributed by atoms with Crippen LogP contribution >= 0.6 is 0 Å². The number of nitrogens with one attached hydrogen (secondary N) is 1. The zero-order chi connectivity index (χ0) is 14.5. The van der Waals surface area contributed by atoms with Crippen molar-refractivity contribution in [1.82, 2.24) is 0 Å². The number of phenolic OH excluding ortho intramolecular Hbond substituents is 1. The van der Waals surface area contributed by atoms with Gasteiger partial charge in [-0.25, -0.2) is 0 Å². The third-order valence-electron chi connectivity index (χ3n) is 2.73. The first-order chi connectivity index (χ1) is 9.61. The quantitative estimate of drug-likeness (QED) is 0.667. The molecule has 2 aromatic carbocycles. The van der Waals surface area contributed by atoms with E-state index < -0.39 is 5.91 Å². The molecule has 0 aromatic heterocycles. The summed E-state index contributed by atoms with van der Waals surface area (Å²) in [7, 11) is 0. The standard InChI is InChI=1S/C16H13NO3.CH4/c1-2-15(19)17-14-10-12(18)8-9-13(14)16(20)11-6-4-3-5-7-11;/h2-10,18H,1H2,(H,17,19);1H4. The van der Waals surface area contributed by atoms with Gasteiger partial charge in [-0.1, -0.05) is 44.3 Å². The summed E-state index contributed by atoms with van der Waals surface area (Å²) in [5.74, 6) is -0.711. The lowest BCUT2D eigenvalue weighted by atomic mass is 10.0. The topological polar surface area (TPSA) is 66.4 Å². The third kappa shape index (κ3) is 3.79. The molecule has 0 spiro atoms. The van der Waals surface area contributed by atoms with Crippen LogP contribution in [-0.4, -0.2) is 16.8 Å². The lowest BCUT2D eigenvalue weighted by molar-refractivity contribution is -0.111. The summed E-state index contributed by atoms with van der Waals surface area (Å²) < 4.78 is 0. The molecule has 0 saturated carbocycles. The van der Waals surface area contributed by atoms with Crippen LogP contribution in [-0.2, 0) is 4.79 Å². The minimum atomic E-state index is -0.447. The second-order valence-electron chi connectivity index (χ2n) is 4.12. The predicted octanol–water partition coefficient (Wildman–Crippen LogP) is 3.38. The van der Waals surface area contributed by atoms with Gasteiger partial charge in [-0.05, 0) is 18.2 Å². The molecule has 0 fully saturated rings. The molecular formula is C17H17NO3. The first kappa shape index (κ1) is 16.2. The average Bonchev–Trinajstić information content (AvgIpc) is 2.47. The lowest BCUT2D eigenvalue weighted by Crippen LogP contribution is -2.12. The molecule has 0 radical (unpaired) electrons. The monoisotopic (exact) mass is 283 g/mol. The smallest absolute Gasteiger partial charge is 0.247 e. The lowest BCUT2D eigenvalue weighted by Gasteiger charge is -2.10. The van der Waals surface area contributed by atoms with E-state index in [0.29, 0.717) is 11.1 Å². The molecule has 2 aromatic rings. The predicted molar refractivity (Wildman–Crippen MR) is 83.5 cm³/mol. The van der Waals surface area contributed by atoms with E-state index in [1.807, 2.05) is 6.07 Å². The zero-order valence-corrected chi connectivity index (χ0v) is 10.7. The Morgan fingerprint density at radius 2 is 1.76 bits per heavy atom. The van der Waals surface area contributed by atoms with Crippen molar-refractivity contribution in [2.24, 2.45) is 0 Å². The third-order valence-corrected chi connectivity index (χ3v) is 2.73. The SMILES string of the molecule is C.C=CC(=O)Nc1cc(O)ccc1C(=O)c1ccccc1. The van der Waals surface area contributed by atoms with E-state index in [1.165, 1.54) is 18.2 Å². The number of rotatable bonds is 4. The van der Waals surface area contributed by atoms with Crippen LogP contribution in [0.1, 0.15) is 23.3 Å². The van der Waals surface area contributed by atoms with Gasteiger partial charge in [0.15, 0.2) is 5.78 Å². The molecule has 21 heavy (non-hydrogen) atoms. The number of carbonyl (C=O) groups excluding carboxylic acids is 2. The first-order valence-electron chi connectivity index (χ1n) is 5.98. The molecular weight excluding hydrogens is 266 g/mol. The fraction of sp³-hybridized carbons (Fsp3) is 0.0588. The van der Waals surface area contributed by atoms with E-state index in [1.54, 1.807) is 24.3 Å². The highest BCUT2D eigenvalue weighted by Crippen LogP contribution is 2.24. The molecule has 2 N–H and O–H groups in total. The summed E-state index contributed by atoms with van der Waals surface area (Å²) in [5.41, 5.74) is 1.07. The van der Waals surface area contributed by atoms with Crippen molar-refractivity contribution in [2.75, 3.05) is 5.32 Å². The fourth-order valence-electron chi connectivity index (χ4n) is 1.76.